The molecule has 0 aliphatic carbocycles. The molecule has 0 aliphatic heterocycles. The molecule has 0 aromatic rings. The Labute approximate surface area is 117 Å². The van der Waals surface area contributed by atoms with Crippen LogP contribution in [0.4, 0.5) is 0 Å². The smallest absolute Gasteiger partial charge is 0.323 e. The van der Waals surface area contributed by atoms with Crippen molar-refractivity contribution >= 4 is 41.2 Å². The molecule has 10 nitrogen and oxygen atoms in total. The van der Waals surface area contributed by atoms with Crippen LogP contribution in [0.2, 0.25) is 0 Å². The molecule has 0 saturated carbocycles. The quantitative estimate of drug-likeness (QED) is 0.376. The van der Waals surface area contributed by atoms with Gasteiger partial charge in [-0.3, -0.25) is 19.2 Å². The van der Waals surface area contributed by atoms with Crippen molar-refractivity contribution in [3.05, 3.63) is 0 Å². The maximum absolute atomic E-state index is 10.6. The molecular formula is C9H12N2O8S. The number of hydrogen-bond acceptors (Lipinski definition) is 5. The zero-order valence-corrected chi connectivity index (χ0v) is 10.9. The van der Waals surface area contributed by atoms with Crippen LogP contribution in [-0.4, -0.2) is 85.4 Å². The van der Waals surface area contributed by atoms with Gasteiger partial charge in [0.2, 0.25) is 0 Å². The molecule has 0 fully saturated rings. The van der Waals surface area contributed by atoms with Crippen LogP contribution in [0.1, 0.15) is 0 Å². The van der Waals surface area contributed by atoms with Crippen LogP contribution in [0.3, 0.4) is 0 Å². The lowest BCUT2D eigenvalue weighted by Gasteiger charge is -2.29. The van der Waals surface area contributed by atoms with E-state index in [1.54, 1.807) is 0 Å². The standard InChI is InChI=1S/C9H12N2O8S/c12-5(13)1-10(2-6(14)15)9(20)11(3-7(16)17)4-8(18)19/h1-4H2,(H,12,13)(H,14,15)(H,16,17)(H,18,19). The highest BCUT2D eigenvalue weighted by atomic mass is 32.1. The van der Waals surface area contributed by atoms with Gasteiger partial charge in [0.15, 0.2) is 5.11 Å². The van der Waals surface area contributed by atoms with E-state index >= 15 is 0 Å². The summed E-state index contributed by atoms with van der Waals surface area (Å²) < 4.78 is 0. The van der Waals surface area contributed by atoms with Crippen LogP contribution >= 0.6 is 12.2 Å². The summed E-state index contributed by atoms with van der Waals surface area (Å²) in [5.41, 5.74) is 0. The Bertz CT molecular complexity index is 368. The average Bonchev–Trinajstić information content (AvgIpc) is 2.23. The van der Waals surface area contributed by atoms with Crippen molar-refractivity contribution in [2.45, 2.75) is 0 Å². The first kappa shape index (κ1) is 17.6. The van der Waals surface area contributed by atoms with Gasteiger partial charge in [-0.25, -0.2) is 0 Å². The number of aliphatic carboxylic acids is 4. The van der Waals surface area contributed by atoms with Crippen molar-refractivity contribution in [2.24, 2.45) is 0 Å². The van der Waals surface area contributed by atoms with E-state index in [9.17, 15) is 19.2 Å². The minimum atomic E-state index is -1.39. The highest BCUT2D eigenvalue weighted by molar-refractivity contribution is 7.80. The first-order valence-electron chi connectivity index (χ1n) is 5.04. The van der Waals surface area contributed by atoms with Gasteiger partial charge < -0.3 is 30.2 Å². The highest BCUT2D eigenvalue weighted by Gasteiger charge is 2.24. The largest absolute Gasteiger partial charge is 0.480 e. The molecule has 0 spiro atoms. The van der Waals surface area contributed by atoms with Crippen molar-refractivity contribution in [2.75, 3.05) is 26.2 Å². The van der Waals surface area contributed by atoms with Gasteiger partial charge >= 0.3 is 23.9 Å². The lowest BCUT2D eigenvalue weighted by molar-refractivity contribution is -0.140. The summed E-state index contributed by atoms with van der Waals surface area (Å²) in [6.45, 7) is -3.16. The van der Waals surface area contributed by atoms with E-state index in [0.717, 1.165) is 0 Å². The summed E-state index contributed by atoms with van der Waals surface area (Å²) in [7, 11) is 0. The SMILES string of the molecule is O=C(O)CN(CC(=O)O)C(=S)N(CC(=O)O)CC(=O)O. The molecule has 11 heteroatoms. The second-order valence-corrected chi connectivity index (χ2v) is 3.93. The van der Waals surface area contributed by atoms with Crippen molar-refractivity contribution in [3.8, 4) is 0 Å². The maximum Gasteiger partial charge on any atom is 0.323 e. The van der Waals surface area contributed by atoms with E-state index in [2.05, 4.69) is 0 Å². The Morgan fingerprint density at radius 3 is 1.00 bits per heavy atom. The number of carboxylic acid groups (broad SMARTS) is 4. The molecule has 0 radical (unpaired) electrons. The number of hydrogen-bond donors (Lipinski definition) is 4. The molecular weight excluding hydrogens is 296 g/mol. The summed E-state index contributed by atoms with van der Waals surface area (Å²) >= 11 is 4.77. The summed E-state index contributed by atoms with van der Waals surface area (Å²) in [5, 5.41) is 34.1. The Hall–Kier alpha value is -2.43. The van der Waals surface area contributed by atoms with Crippen LogP contribution < -0.4 is 0 Å². The predicted octanol–water partition coefficient (Wildman–Crippen LogP) is -1.79. The lowest BCUT2D eigenvalue weighted by atomic mass is 10.4. The Kier molecular flexibility index (Phi) is 6.93. The Morgan fingerprint density at radius 1 is 0.650 bits per heavy atom. The molecule has 0 bridgehead atoms. The number of thiocarbonyl (C=S) groups is 1. The normalized spacial score (nSPS) is 9.60. The molecule has 112 valence electrons. The van der Waals surface area contributed by atoms with Gasteiger partial charge in [0.1, 0.15) is 26.2 Å². The average molecular weight is 308 g/mol. The molecule has 0 saturated heterocycles. The van der Waals surface area contributed by atoms with Crippen LogP contribution in [-0.2, 0) is 19.2 Å². The molecule has 0 aliphatic rings. The first-order chi connectivity index (χ1) is 9.13. The maximum atomic E-state index is 10.6. The fraction of sp³-hybridized carbons (Fsp3) is 0.444. The Balaban J connectivity index is 5.09. The van der Waals surface area contributed by atoms with E-state index < -0.39 is 55.2 Å². The second kappa shape index (κ2) is 7.89. The number of carbonyl (C=O) groups is 4. The first-order valence-corrected chi connectivity index (χ1v) is 5.45. The molecule has 4 N–H and O–H groups in total. The fourth-order valence-electron chi connectivity index (χ4n) is 1.24. The van der Waals surface area contributed by atoms with Gasteiger partial charge in [-0.05, 0) is 12.2 Å². The van der Waals surface area contributed by atoms with E-state index in [1.807, 2.05) is 0 Å². The van der Waals surface area contributed by atoms with E-state index in [0.29, 0.717) is 9.80 Å². The minimum Gasteiger partial charge on any atom is -0.480 e. The minimum absolute atomic E-state index is 0.473. The van der Waals surface area contributed by atoms with Crippen LogP contribution in [0.5, 0.6) is 0 Å². The van der Waals surface area contributed by atoms with Crippen LogP contribution in [0, 0.1) is 0 Å². The van der Waals surface area contributed by atoms with Crippen molar-refractivity contribution in [3.63, 3.8) is 0 Å². The third-order valence-electron chi connectivity index (χ3n) is 1.85. The molecule has 0 aromatic heterocycles. The third-order valence-corrected chi connectivity index (χ3v) is 2.36. The summed E-state index contributed by atoms with van der Waals surface area (Å²) in [4.78, 5) is 43.8. The monoisotopic (exact) mass is 308 g/mol. The number of rotatable bonds is 8. The number of carboxylic acids is 4. The van der Waals surface area contributed by atoms with Gasteiger partial charge in [-0.15, -0.1) is 0 Å². The van der Waals surface area contributed by atoms with Crippen LogP contribution in [0.25, 0.3) is 0 Å². The topological polar surface area (TPSA) is 156 Å². The molecule has 0 rings (SSSR count). The fourth-order valence-corrected chi connectivity index (χ4v) is 1.49. The zero-order valence-electron chi connectivity index (χ0n) is 10.1. The third kappa shape index (κ3) is 7.10. The molecule has 0 aromatic carbocycles. The summed E-state index contributed by atoms with van der Waals surface area (Å²) in [6.07, 6.45) is 0. The Morgan fingerprint density at radius 2 is 0.850 bits per heavy atom. The van der Waals surface area contributed by atoms with Gasteiger partial charge in [0, 0.05) is 0 Å². The second-order valence-electron chi connectivity index (χ2n) is 3.57. The van der Waals surface area contributed by atoms with Crippen molar-refractivity contribution in [1.29, 1.82) is 0 Å². The summed E-state index contributed by atoms with van der Waals surface area (Å²) in [6, 6.07) is 0. The van der Waals surface area contributed by atoms with E-state index in [-0.39, 0.29) is 0 Å². The predicted molar refractivity (Wildman–Crippen MR) is 66.3 cm³/mol. The highest BCUT2D eigenvalue weighted by Crippen LogP contribution is 2.01. The van der Waals surface area contributed by atoms with Crippen LogP contribution in [0.15, 0.2) is 0 Å². The molecule has 20 heavy (non-hydrogen) atoms. The van der Waals surface area contributed by atoms with E-state index in [4.69, 9.17) is 32.6 Å². The molecule has 0 amide bonds. The van der Waals surface area contributed by atoms with Gasteiger partial charge in [0.25, 0.3) is 0 Å². The molecule has 0 heterocycles. The molecule has 0 unspecified atom stereocenters. The molecule has 0 atom stereocenters. The zero-order chi connectivity index (χ0) is 15.9. The van der Waals surface area contributed by atoms with Gasteiger partial charge in [0.05, 0.1) is 0 Å². The number of nitrogens with zero attached hydrogens (tertiary/aromatic N) is 2. The lowest BCUT2D eigenvalue weighted by Crippen LogP contribution is -2.50. The summed E-state index contributed by atoms with van der Waals surface area (Å²) in [5.74, 6) is -5.56. The van der Waals surface area contributed by atoms with E-state index in [1.165, 1.54) is 0 Å². The van der Waals surface area contributed by atoms with Gasteiger partial charge in [-0.2, -0.15) is 0 Å². The van der Waals surface area contributed by atoms with Crippen molar-refractivity contribution < 1.29 is 39.6 Å². The van der Waals surface area contributed by atoms with Gasteiger partial charge in [-0.1, -0.05) is 0 Å². The van der Waals surface area contributed by atoms with Crippen molar-refractivity contribution in [1.82, 2.24) is 9.80 Å².